The van der Waals surface area contributed by atoms with E-state index >= 15 is 0 Å². The first-order valence-electron chi connectivity index (χ1n) is 7.10. The van der Waals surface area contributed by atoms with Crippen LogP contribution in [0.3, 0.4) is 0 Å². The first-order valence-corrected chi connectivity index (χ1v) is 7.10. The van der Waals surface area contributed by atoms with Gasteiger partial charge in [0.1, 0.15) is 0 Å². The fraction of sp³-hybridized carbons (Fsp3) is 0.500. The molecule has 0 spiro atoms. The minimum Gasteiger partial charge on any atom is -0.347 e. The third-order valence-corrected chi connectivity index (χ3v) is 3.25. The highest BCUT2D eigenvalue weighted by molar-refractivity contribution is 5.97. The molecule has 2 amide bonds. The van der Waals surface area contributed by atoms with Crippen LogP contribution in [0.1, 0.15) is 50.4 Å². The lowest BCUT2D eigenvalue weighted by Gasteiger charge is -2.27. The van der Waals surface area contributed by atoms with Gasteiger partial charge in [-0.3, -0.25) is 9.59 Å². The van der Waals surface area contributed by atoms with E-state index in [9.17, 15) is 9.59 Å². The van der Waals surface area contributed by atoms with E-state index in [4.69, 9.17) is 0 Å². The van der Waals surface area contributed by atoms with Crippen LogP contribution in [-0.2, 0) is 4.79 Å². The molecule has 0 atom stereocenters. The number of hydrogen-bond acceptors (Lipinski definition) is 2. The number of amides is 2. The summed E-state index contributed by atoms with van der Waals surface area (Å²) in [6, 6.07) is 7.25. The van der Waals surface area contributed by atoms with Crippen molar-refractivity contribution in [3.05, 3.63) is 29.8 Å². The summed E-state index contributed by atoms with van der Waals surface area (Å²) in [6.07, 6.45) is 2.63. The van der Waals surface area contributed by atoms with Crippen molar-refractivity contribution in [2.45, 2.75) is 45.6 Å². The number of anilines is 1. The average Bonchev–Trinajstić information content (AvgIpc) is 2.37. The smallest absolute Gasteiger partial charge is 0.251 e. The molecule has 0 saturated carbocycles. The quantitative estimate of drug-likeness (QED) is 0.901. The van der Waals surface area contributed by atoms with Gasteiger partial charge >= 0.3 is 0 Å². The zero-order valence-electron chi connectivity index (χ0n) is 12.4. The predicted octanol–water partition coefficient (Wildman–Crippen LogP) is 2.73. The van der Waals surface area contributed by atoms with Crippen molar-refractivity contribution in [1.29, 1.82) is 0 Å². The molecule has 1 N–H and O–H groups in total. The van der Waals surface area contributed by atoms with E-state index in [0.29, 0.717) is 12.0 Å². The van der Waals surface area contributed by atoms with E-state index in [-0.39, 0.29) is 17.4 Å². The van der Waals surface area contributed by atoms with Crippen molar-refractivity contribution in [3.63, 3.8) is 0 Å². The van der Waals surface area contributed by atoms with Gasteiger partial charge in [0.15, 0.2) is 0 Å². The molecule has 1 fully saturated rings. The summed E-state index contributed by atoms with van der Waals surface area (Å²) in [5, 5.41) is 2.92. The molecule has 108 valence electrons. The topological polar surface area (TPSA) is 49.4 Å². The van der Waals surface area contributed by atoms with Gasteiger partial charge in [0.2, 0.25) is 5.91 Å². The second-order valence-electron chi connectivity index (χ2n) is 6.25. The Bertz CT molecular complexity index is 500. The Morgan fingerprint density at radius 3 is 2.35 bits per heavy atom. The first-order chi connectivity index (χ1) is 9.37. The molecule has 20 heavy (non-hydrogen) atoms. The van der Waals surface area contributed by atoms with Gasteiger partial charge in [-0.15, -0.1) is 0 Å². The van der Waals surface area contributed by atoms with Gasteiger partial charge in [-0.05, 0) is 57.9 Å². The molecule has 0 bridgehead atoms. The minimum absolute atomic E-state index is 0.0889. The van der Waals surface area contributed by atoms with E-state index in [1.165, 1.54) is 0 Å². The number of rotatable bonds is 2. The monoisotopic (exact) mass is 274 g/mol. The van der Waals surface area contributed by atoms with Crippen molar-refractivity contribution < 1.29 is 9.59 Å². The Labute approximate surface area is 120 Å². The van der Waals surface area contributed by atoms with Crippen LogP contribution in [-0.4, -0.2) is 23.9 Å². The SMILES string of the molecule is CC(C)(C)NC(=O)c1ccc(N2CCCCC2=O)cc1. The van der Waals surface area contributed by atoms with Gasteiger partial charge in [-0.2, -0.15) is 0 Å². The van der Waals surface area contributed by atoms with E-state index in [1.807, 2.05) is 32.9 Å². The second-order valence-corrected chi connectivity index (χ2v) is 6.25. The molecule has 0 aliphatic carbocycles. The van der Waals surface area contributed by atoms with Crippen LogP contribution in [0.4, 0.5) is 5.69 Å². The summed E-state index contributed by atoms with van der Waals surface area (Å²) in [5.41, 5.74) is 1.24. The molecular weight excluding hydrogens is 252 g/mol. The van der Waals surface area contributed by atoms with Crippen molar-refractivity contribution in [1.82, 2.24) is 5.32 Å². The van der Waals surface area contributed by atoms with Crippen LogP contribution >= 0.6 is 0 Å². The zero-order valence-corrected chi connectivity index (χ0v) is 12.4. The molecule has 1 aromatic rings. The summed E-state index contributed by atoms with van der Waals surface area (Å²) < 4.78 is 0. The average molecular weight is 274 g/mol. The van der Waals surface area contributed by atoms with Crippen molar-refractivity contribution in [2.24, 2.45) is 0 Å². The Balaban J connectivity index is 2.10. The van der Waals surface area contributed by atoms with Gasteiger partial charge in [0.05, 0.1) is 0 Å². The van der Waals surface area contributed by atoms with Crippen molar-refractivity contribution >= 4 is 17.5 Å². The summed E-state index contributed by atoms with van der Waals surface area (Å²) >= 11 is 0. The van der Waals surface area contributed by atoms with E-state index in [0.717, 1.165) is 25.1 Å². The maximum Gasteiger partial charge on any atom is 0.251 e. The molecule has 4 heteroatoms. The molecule has 2 rings (SSSR count). The Hall–Kier alpha value is -1.84. The minimum atomic E-state index is -0.251. The highest BCUT2D eigenvalue weighted by Crippen LogP contribution is 2.21. The van der Waals surface area contributed by atoms with Crippen molar-refractivity contribution in [2.75, 3.05) is 11.4 Å². The van der Waals surface area contributed by atoms with Gasteiger partial charge in [0, 0.05) is 29.8 Å². The third-order valence-electron chi connectivity index (χ3n) is 3.25. The van der Waals surface area contributed by atoms with Gasteiger partial charge in [-0.25, -0.2) is 0 Å². The van der Waals surface area contributed by atoms with Gasteiger partial charge in [0.25, 0.3) is 5.91 Å². The zero-order chi connectivity index (χ0) is 14.8. The lowest BCUT2D eigenvalue weighted by molar-refractivity contribution is -0.119. The number of hydrogen-bond donors (Lipinski definition) is 1. The van der Waals surface area contributed by atoms with Gasteiger partial charge in [-0.1, -0.05) is 0 Å². The van der Waals surface area contributed by atoms with Gasteiger partial charge < -0.3 is 10.2 Å². The molecule has 1 aliphatic rings. The lowest BCUT2D eigenvalue weighted by Crippen LogP contribution is -2.40. The summed E-state index contributed by atoms with van der Waals surface area (Å²) in [7, 11) is 0. The van der Waals surface area contributed by atoms with Crippen LogP contribution in [0.25, 0.3) is 0 Å². The number of nitrogens with one attached hydrogen (secondary N) is 1. The summed E-state index contributed by atoms with van der Waals surface area (Å²) in [4.78, 5) is 25.7. The molecule has 0 unspecified atom stereocenters. The fourth-order valence-corrected chi connectivity index (χ4v) is 2.28. The number of carbonyl (C=O) groups is 2. The highest BCUT2D eigenvalue weighted by atomic mass is 16.2. The largest absolute Gasteiger partial charge is 0.347 e. The lowest BCUT2D eigenvalue weighted by atomic mass is 10.1. The predicted molar refractivity (Wildman–Crippen MR) is 79.9 cm³/mol. The molecule has 1 aliphatic heterocycles. The maximum absolute atomic E-state index is 12.0. The second kappa shape index (κ2) is 5.65. The Morgan fingerprint density at radius 1 is 1.15 bits per heavy atom. The van der Waals surface area contributed by atoms with Crippen LogP contribution in [0, 0.1) is 0 Å². The normalized spacial score (nSPS) is 16.1. The van der Waals surface area contributed by atoms with Crippen LogP contribution in [0.5, 0.6) is 0 Å². The molecule has 0 radical (unpaired) electrons. The van der Waals surface area contributed by atoms with E-state index < -0.39 is 0 Å². The Morgan fingerprint density at radius 2 is 1.80 bits per heavy atom. The molecule has 1 saturated heterocycles. The highest BCUT2D eigenvalue weighted by Gasteiger charge is 2.20. The maximum atomic E-state index is 12.0. The fourth-order valence-electron chi connectivity index (χ4n) is 2.28. The third kappa shape index (κ3) is 3.59. The van der Waals surface area contributed by atoms with Crippen LogP contribution in [0.15, 0.2) is 24.3 Å². The number of piperidine rings is 1. The van der Waals surface area contributed by atoms with Crippen molar-refractivity contribution in [3.8, 4) is 0 Å². The molecule has 1 aromatic carbocycles. The summed E-state index contributed by atoms with van der Waals surface area (Å²) in [5.74, 6) is 0.0807. The first kappa shape index (κ1) is 14.6. The standard InChI is InChI=1S/C16H22N2O2/c1-16(2,3)17-15(20)12-7-9-13(10-8-12)18-11-5-4-6-14(18)19/h7-10H,4-6,11H2,1-3H3,(H,17,20). The molecule has 4 nitrogen and oxygen atoms in total. The number of benzene rings is 1. The van der Waals surface area contributed by atoms with E-state index in [1.54, 1.807) is 17.0 Å². The Kier molecular flexibility index (Phi) is 4.12. The summed E-state index contributed by atoms with van der Waals surface area (Å²) in [6.45, 7) is 6.62. The molecule has 0 aromatic heterocycles. The molecular formula is C16H22N2O2. The molecule has 1 heterocycles. The number of nitrogens with zero attached hydrogens (tertiary/aromatic N) is 1. The van der Waals surface area contributed by atoms with E-state index in [2.05, 4.69) is 5.32 Å². The van der Waals surface area contributed by atoms with Crippen LogP contribution in [0.2, 0.25) is 0 Å². The number of carbonyl (C=O) groups excluding carboxylic acids is 2. The van der Waals surface area contributed by atoms with Crippen LogP contribution < -0.4 is 10.2 Å².